The van der Waals surface area contributed by atoms with Gasteiger partial charge in [-0.1, -0.05) is 22.9 Å². The Kier molecular flexibility index (Phi) is 2.62. The molecule has 0 radical (unpaired) electrons. The molecule has 0 saturated carbocycles. The number of fused-ring (bicyclic) bond motifs is 3. The SMILES string of the molecule is CC1CCN2c3ccc(Br)cc3NC(=O)C2C1. The normalized spacial score (nSPS) is 27.2. The molecule has 1 saturated heterocycles. The van der Waals surface area contributed by atoms with Gasteiger partial charge in [-0.3, -0.25) is 4.79 Å². The van der Waals surface area contributed by atoms with Crippen LogP contribution < -0.4 is 10.2 Å². The van der Waals surface area contributed by atoms with Crippen LogP contribution in [0.3, 0.4) is 0 Å². The Bertz CT molecular complexity index is 474. The highest BCUT2D eigenvalue weighted by Crippen LogP contribution is 2.38. The number of hydrogen-bond donors (Lipinski definition) is 1. The lowest BCUT2D eigenvalue weighted by atomic mass is 9.90. The summed E-state index contributed by atoms with van der Waals surface area (Å²) in [6, 6.07) is 6.11. The van der Waals surface area contributed by atoms with Crippen LogP contribution in [-0.4, -0.2) is 18.5 Å². The summed E-state index contributed by atoms with van der Waals surface area (Å²) in [5.41, 5.74) is 2.08. The Labute approximate surface area is 109 Å². The number of rotatable bonds is 0. The number of nitrogens with zero attached hydrogens (tertiary/aromatic N) is 1. The number of amides is 1. The van der Waals surface area contributed by atoms with Gasteiger partial charge < -0.3 is 10.2 Å². The van der Waals surface area contributed by atoms with Crippen LogP contribution in [0.1, 0.15) is 19.8 Å². The van der Waals surface area contributed by atoms with Gasteiger partial charge >= 0.3 is 0 Å². The van der Waals surface area contributed by atoms with Crippen molar-refractivity contribution in [1.82, 2.24) is 0 Å². The molecule has 2 aliphatic rings. The maximum Gasteiger partial charge on any atom is 0.247 e. The molecular weight excluding hydrogens is 280 g/mol. The summed E-state index contributed by atoms with van der Waals surface area (Å²) in [6.45, 7) is 3.20. The zero-order valence-electron chi connectivity index (χ0n) is 9.74. The molecule has 3 nitrogen and oxygen atoms in total. The lowest BCUT2D eigenvalue weighted by Gasteiger charge is -2.43. The molecule has 2 unspecified atom stereocenters. The Morgan fingerprint density at radius 1 is 1.47 bits per heavy atom. The number of halogens is 1. The molecule has 2 aliphatic heterocycles. The van der Waals surface area contributed by atoms with E-state index >= 15 is 0 Å². The fourth-order valence-electron chi connectivity index (χ4n) is 2.75. The zero-order valence-corrected chi connectivity index (χ0v) is 11.3. The molecule has 90 valence electrons. The standard InChI is InChI=1S/C13H15BrN2O/c1-8-4-5-16-11-3-2-9(14)7-10(11)15-13(17)12(16)6-8/h2-3,7-8,12H,4-6H2,1H3,(H,15,17). The average Bonchev–Trinajstić information content (AvgIpc) is 2.29. The first kappa shape index (κ1) is 11.1. The van der Waals surface area contributed by atoms with Crippen molar-refractivity contribution >= 4 is 33.2 Å². The van der Waals surface area contributed by atoms with Gasteiger partial charge in [0.25, 0.3) is 0 Å². The maximum atomic E-state index is 12.1. The van der Waals surface area contributed by atoms with Gasteiger partial charge in [0.1, 0.15) is 6.04 Å². The highest BCUT2D eigenvalue weighted by Gasteiger charge is 2.36. The van der Waals surface area contributed by atoms with Crippen LogP contribution in [0.15, 0.2) is 22.7 Å². The van der Waals surface area contributed by atoms with E-state index in [0.717, 1.165) is 28.8 Å². The van der Waals surface area contributed by atoms with Gasteiger partial charge in [-0.2, -0.15) is 0 Å². The summed E-state index contributed by atoms with van der Waals surface area (Å²) in [4.78, 5) is 14.3. The molecule has 0 spiro atoms. The monoisotopic (exact) mass is 294 g/mol. The van der Waals surface area contributed by atoms with Gasteiger partial charge in [-0.25, -0.2) is 0 Å². The van der Waals surface area contributed by atoms with Gasteiger partial charge in [0.2, 0.25) is 5.91 Å². The van der Waals surface area contributed by atoms with Gasteiger partial charge in [0.05, 0.1) is 11.4 Å². The van der Waals surface area contributed by atoms with Crippen molar-refractivity contribution in [2.75, 3.05) is 16.8 Å². The second kappa shape index (κ2) is 4.02. The number of piperidine rings is 1. The van der Waals surface area contributed by atoms with E-state index in [1.54, 1.807) is 0 Å². The Morgan fingerprint density at radius 3 is 3.12 bits per heavy atom. The first-order chi connectivity index (χ1) is 8.15. The lowest BCUT2D eigenvalue weighted by molar-refractivity contribution is -0.118. The number of anilines is 2. The summed E-state index contributed by atoms with van der Waals surface area (Å²) in [5, 5.41) is 3.01. The average molecular weight is 295 g/mol. The second-order valence-corrected chi connectivity index (χ2v) is 5.91. The van der Waals surface area contributed by atoms with Crippen molar-refractivity contribution in [2.24, 2.45) is 5.92 Å². The summed E-state index contributed by atoms with van der Waals surface area (Å²) in [7, 11) is 0. The van der Waals surface area contributed by atoms with E-state index in [-0.39, 0.29) is 11.9 Å². The van der Waals surface area contributed by atoms with E-state index in [0.29, 0.717) is 5.92 Å². The van der Waals surface area contributed by atoms with Gasteiger partial charge in [-0.15, -0.1) is 0 Å². The van der Waals surface area contributed by atoms with Crippen molar-refractivity contribution in [3.8, 4) is 0 Å². The highest BCUT2D eigenvalue weighted by atomic mass is 79.9. The van der Waals surface area contributed by atoms with Crippen molar-refractivity contribution in [2.45, 2.75) is 25.8 Å². The van der Waals surface area contributed by atoms with E-state index in [1.807, 2.05) is 12.1 Å². The second-order valence-electron chi connectivity index (χ2n) is 4.99. The fourth-order valence-corrected chi connectivity index (χ4v) is 3.11. The molecule has 1 N–H and O–H groups in total. The van der Waals surface area contributed by atoms with Crippen molar-refractivity contribution in [1.29, 1.82) is 0 Å². The van der Waals surface area contributed by atoms with E-state index in [9.17, 15) is 4.79 Å². The Morgan fingerprint density at radius 2 is 2.29 bits per heavy atom. The minimum atomic E-state index is 0.0208. The molecular formula is C13H15BrN2O. The van der Waals surface area contributed by atoms with E-state index in [1.165, 1.54) is 6.42 Å². The highest BCUT2D eigenvalue weighted by molar-refractivity contribution is 9.10. The third-order valence-electron chi connectivity index (χ3n) is 3.69. The molecule has 1 aromatic rings. The quantitative estimate of drug-likeness (QED) is 0.798. The van der Waals surface area contributed by atoms with Crippen molar-refractivity contribution in [3.63, 3.8) is 0 Å². The lowest BCUT2D eigenvalue weighted by Crippen LogP contribution is -2.52. The number of hydrogen-bond acceptors (Lipinski definition) is 2. The molecule has 0 aliphatic carbocycles. The van der Waals surface area contributed by atoms with Crippen molar-refractivity contribution < 1.29 is 4.79 Å². The summed E-state index contributed by atoms with van der Waals surface area (Å²) in [6.07, 6.45) is 2.13. The van der Waals surface area contributed by atoms with Gasteiger partial charge in [-0.05, 0) is 37.0 Å². The molecule has 0 bridgehead atoms. The van der Waals surface area contributed by atoms with E-state index in [4.69, 9.17) is 0 Å². The summed E-state index contributed by atoms with van der Waals surface area (Å²) in [5.74, 6) is 0.779. The van der Waals surface area contributed by atoms with Crippen molar-refractivity contribution in [3.05, 3.63) is 22.7 Å². The van der Waals surface area contributed by atoms with E-state index in [2.05, 4.69) is 39.1 Å². The van der Waals surface area contributed by atoms with Crippen LogP contribution in [0.4, 0.5) is 11.4 Å². The number of carbonyl (C=O) groups is 1. The molecule has 17 heavy (non-hydrogen) atoms. The molecule has 0 aromatic heterocycles. The third kappa shape index (κ3) is 1.84. The minimum Gasteiger partial charge on any atom is -0.358 e. The predicted octanol–water partition coefficient (Wildman–Crippen LogP) is 3.01. The van der Waals surface area contributed by atoms with Crippen LogP contribution in [0.5, 0.6) is 0 Å². The number of carbonyl (C=O) groups excluding carboxylic acids is 1. The summed E-state index contributed by atoms with van der Waals surface area (Å²) < 4.78 is 1.00. The third-order valence-corrected chi connectivity index (χ3v) is 4.19. The minimum absolute atomic E-state index is 0.0208. The molecule has 1 fully saturated rings. The number of benzene rings is 1. The van der Waals surface area contributed by atoms with Crippen LogP contribution in [0.25, 0.3) is 0 Å². The fraction of sp³-hybridized carbons (Fsp3) is 0.462. The summed E-state index contributed by atoms with van der Waals surface area (Å²) >= 11 is 3.44. The number of nitrogens with one attached hydrogen (secondary N) is 1. The first-order valence-corrected chi connectivity index (χ1v) is 6.81. The maximum absolute atomic E-state index is 12.1. The van der Waals surface area contributed by atoms with Crippen LogP contribution >= 0.6 is 15.9 Å². The van der Waals surface area contributed by atoms with Crippen LogP contribution in [0, 0.1) is 5.92 Å². The van der Waals surface area contributed by atoms with Crippen LogP contribution in [0.2, 0.25) is 0 Å². The molecule has 3 rings (SSSR count). The Balaban J connectivity index is 2.02. The predicted molar refractivity (Wildman–Crippen MR) is 72.3 cm³/mol. The van der Waals surface area contributed by atoms with E-state index < -0.39 is 0 Å². The molecule has 1 aromatic carbocycles. The largest absolute Gasteiger partial charge is 0.358 e. The molecule has 2 heterocycles. The zero-order chi connectivity index (χ0) is 12.0. The topological polar surface area (TPSA) is 32.3 Å². The smallest absolute Gasteiger partial charge is 0.247 e. The molecule has 1 amide bonds. The molecule has 2 atom stereocenters. The molecule has 4 heteroatoms. The van der Waals surface area contributed by atoms with Crippen LogP contribution in [-0.2, 0) is 4.79 Å². The van der Waals surface area contributed by atoms with Gasteiger partial charge in [0.15, 0.2) is 0 Å². The Hall–Kier alpha value is -1.03. The van der Waals surface area contributed by atoms with Gasteiger partial charge in [0, 0.05) is 11.0 Å². The first-order valence-electron chi connectivity index (χ1n) is 6.02.